The normalized spacial score (nSPS) is 18.1. The summed E-state index contributed by atoms with van der Waals surface area (Å²) < 4.78 is 63.6. The lowest BCUT2D eigenvalue weighted by Gasteiger charge is -2.30. The molecule has 3 heterocycles. The average molecular weight is 464 g/mol. The first-order chi connectivity index (χ1) is 15.1. The topological polar surface area (TPSA) is 94.5 Å². The summed E-state index contributed by atoms with van der Waals surface area (Å²) in [5, 5.41) is 0. The summed E-state index contributed by atoms with van der Waals surface area (Å²) in [6.07, 6.45) is 3.73. The minimum atomic E-state index is -3.33. The van der Waals surface area contributed by atoms with E-state index >= 15 is 0 Å². The van der Waals surface area contributed by atoms with Gasteiger partial charge < -0.3 is 9.47 Å². The van der Waals surface area contributed by atoms with E-state index in [1.54, 1.807) is 18.2 Å². The van der Waals surface area contributed by atoms with Crippen LogP contribution in [0.3, 0.4) is 0 Å². The number of hydrogen-bond acceptors (Lipinski definition) is 7. The van der Waals surface area contributed by atoms with Crippen molar-refractivity contribution in [2.24, 2.45) is 0 Å². The van der Waals surface area contributed by atoms with Crippen LogP contribution in [0.15, 0.2) is 42.7 Å². The van der Waals surface area contributed by atoms with E-state index < -0.39 is 22.0 Å². The van der Waals surface area contributed by atoms with Gasteiger partial charge in [0, 0.05) is 43.5 Å². The van der Waals surface area contributed by atoms with Gasteiger partial charge in [-0.3, -0.25) is 4.98 Å². The second-order valence-electron chi connectivity index (χ2n) is 7.63. The van der Waals surface area contributed by atoms with Crippen molar-refractivity contribution in [2.45, 2.75) is 19.0 Å². The van der Waals surface area contributed by atoms with Crippen LogP contribution in [0.4, 0.5) is 8.78 Å². The molecule has 0 aliphatic carbocycles. The number of benzene rings is 1. The first kappa shape index (κ1) is 22.4. The molecule has 1 aliphatic heterocycles. The van der Waals surface area contributed by atoms with Gasteiger partial charge >= 0.3 is 0 Å². The third-order valence-electron chi connectivity index (χ3n) is 5.09. The molecule has 0 amide bonds. The molecule has 1 aliphatic rings. The molecule has 32 heavy (non-hydrogen) atoms. The van der Waals surface area contributed by atoms with Gasteiger partial charge in [-0.2, -0.15) is 4.31 Å². The van der Waals surface area contributed by atoms with E-state index in [0.29, 0.717) is 28.8 Å². The summed E-state index contributed by atoms with van der Waals surface area (Å²) in [7, 11) is -3.33. The Morgan fingerprint density at radius 2 is 1.94 bits per heavy atom. The number of halogens is 2. The highest BCUT2D eigenvalue weighted by Gasteiger charge is 2.27. The Morgan fingerprint density at radius 1 is 1.22 bits per heavy atom. The summed E-state index contributed by atoms with van der Waals surface area (Å²) >= 11 is 0. The molecule has 1 saturated heterocycles. The highest BCUT2D eigenvalue weighted by Crippen LogP contribution is 2.31. The van der Waals surface area contributed by atoms with Crippen LogP contribution >= 0.6 is 0 Å². The fraction of sp³-hybridized carbons (Fsp3) is 0.381. The Bertz CT molecular complexity index is 1220. The molecule has 1 aromatic carbocycles. The molecule has 2 aromatic heterocycles. The van der Waals surface area contributed by atoms with Crippen LogP contribution in [0.2, 0.25) is 0 Å². The molecule has 3 aromatic rings. The SMILES string of the molecule is CC(F)(F)c1ccc(-c2cc3nccnc3c(OCC3CN(S(C)(=O)=O)CCO3)n2)cc1. The summed E-state index contributed by atoms with van der Waals surface area (Å²) in [6, 6.07) is 7.55. The van der Waals surface area contributed by atoms with Crippen LogP contribution in [-0.2, 0) is 20.7 Å². The molecule has 8 nitrogen and oxygen atoms in total. The van der Waals surface area contributed by atoms with E-state index in [1.807, 2.05) is 0 Å². The number of hydrogen-bond donors (Lipinski definition) is 0. The Labute approximate surface area is 184 Å². The summed E-state index contributed by atoms with van der Waals surface area (Å²) in [4.78, 5) is 13.1. The number of pyridine rings is 1. The Hall–Kier alpha value is -2.76. The highest BCUT2D eigenvalue weighted by atomic mass is 32.2. The smallest absolute Gasteiger partial charge is 0.270 e. The minimum absolute atomic E-state index is 0.0646. The molecule has 11 heteroatoms. The van der Waals surface area contributed by atoms with Gasteiger partial charge in [-0.15, -0.1) is 0 Å². The average Bonchev–Trinajstić information content (AvgIpc) is 2.76. The molecule has 0 N–H and O–H groups in total. The molecular formula is C21H22F2N4O4S. The van der Waals surface area contributed by atoms with Crippen molar-refractivity contribution < 1.29 is 26.7 Å². The Morgan fingerprint density at radius 3 is 2.62 bits per heavy atom. The van der Waals surface area contributed by atoms with Crippen LogP contribution in [0, 0.1) is 0 Å². The third kappa shape index (κ3) is 5.00. The van der Waals surface area contributed by atoms with Crippen LogP contribution in [0.1, 0.15) is 12.5 Å². The van der Waals surface area contributed by atoms with Crippen molar-refractivity contribution in [3.63, 3.8) is 0 Å². The lowest BCUT2D eigenvalue weighted by Crippen LogP contribution is -2.47. The summed E-state index contributed by atoms with van der Waals surface area (Å²) in [5.74, 6) is -2.73. The first-order valence-corrected chi connectivity index (χ1v) is 11.8. The van der Waals surface area contributed by atoms with Gasteiger partial charge in [0.2, 0.25) is 15.9 Å². The monoisotopic (exact) mass is 464 g/mol. The second kappa shape index (κ2) is 8.64. The zero-order valence-electron chi connectivity index (χ0n) is 17.5. The molecule has 1 fully saturated rings. The van der Waals surface area contributed by atoms with E-state index in [2.05, 4.69) is 15.0 Å². The van der Waals surface area contributed by atoms with E-state index in [4.69, 9.17) is 9.47 Å². The molecule has 0 bridgehead atoms. The van der Waals surface area contributed by atoms with E-state index in [0.717, 1.165) is 13.2 Å². The maximum absolute atomic E-state index is 13.5. The van der Waals surface area contributed by atoms with Gasteiger partial charge in [0.05, 0.1) is 24.1 Å². The van der Waals surface area contributed by atoms with Crippen molar-refractivity contribution in [1.82, 2.24) is 19.3 Å². The van der Waals surface area contributed by atoms with Gasteiger partial charge in [0.15, 0.2) is 5.52 Å². The molecule has 1 unspecified atom stereocenters. The zero-order valence-corrected chi connectivity index (χ0v) is 18.3. The van der Waals surface area contributed by atoms with E-state index in [9.17, 15) is 17.2 Å². The number of nitrogens with zero attached hydrogens (tertiary/aromatic N) is 4. The molecule has 1 atom stereocenters. The number of ether oxygens (including phenoxy) is 2. The molecular weight excluding hydrogens is 442 g/mol. The van der Waals surface area contributed by atoms with E-state index in [-0.39, 0.29) is 31.2 Å². The van der Waals surface area contributed by atoms with Gasteiger partial charge in [0.1, 0.15) is 12.7 Å². The van der Waals surface area contributed by atoms with Gasteiger partial charge in [-0.05, 0) is 6.07 Å². The minimum Gasteiger partial charge on any atom is -0.473 e. The fourth-order valence-corrected chi connectivity index (χ4v) is 4.23. The standard InChI is InChI=1S/C21H22F2N4O4S/c1-21(22,23)15-5-3-14(4-6-15)17-11-18-19(25-8-7-24-18)20(26-17)31-13-16-12-27(9-10-30-16)32(2,28)29/h3-8,11,16H,9-10,12-13H2,1-2H3. The van der Waals surface area contributed by atoms with Gasteiger partial charge in [-0.25, -0.2) is 27.2 Å². The number of morpholine rings is 1. The van der Waals surface area contributed by atoms with Crippen LogP contribution in [-0.4, -0.2) is 66.3 Å². The zero-order chi connectivity index (χ0) is 22.9. The predicted octanol–water partition coefficient (Wildman–Crippen LogP) is 2.84. The molecule has 170 valence electrons. The van der Waals surface area contributed by atoms with Crippen molar-refractivity contribution in [1.29, 1.82) is 0 Å². The number of sulfonamides is 1. The third-order valence-corrected chi connectivity index (χ3v) is 6.36. The van der Waals surface area contributed by atoms with Crippen LogP contribution in [0.5, 0.6) is 5.88 Å². The van der Waals surface area contributed by atoms with Crippen LogP contribution < -0.4 is 4.74 Å². The summed E-state index contributed by atoms with van der Waals surface area (Å²) in [6.45, 7) is 1.65. The first-order valence-electron chi connectivity index (χ1n) is 9.91. The van der Waals surface area contributed by atoms with Crippen molar-refractivity contribution >= 4 is 21.1 Å². The van der Waals surface area contributed by atoms with Gasteiger partial charge in [-0.1, -0.05) is 24.3 Å². The molecule has 0 saturated carbocycles. The Kier molecular flexibility index (Phi) is 6.06. The maximum atomic E-state index is 13.5. The summed E-state index contributed by atoms with van der Waals surface area (Å²) in [5.41, 5.74) is 1.97. The Balaban J connectivity index is 1.60. The lowest BCUT2D eigenvalue weighted by molar-refractivity contribution is -0.0252. The highest BCUT2D eigenvalue weighted by molar-refractivity contribution is 7.88. The van der Waals surface area contributed by atoms with Crippen molar-refractivity contribution in [3.8, 4) is 17.1 Å². The van der Waals surface area contributed by atoms with Crippen molar-refractivity contribution in [3.05, 3.63) is 48.3 Å². The quantitative estimate of drug-likeness (QED) is 0.554. The van der Waals surface area contributed by atoms with Crippen LogP contribution in [0.25, 0.3) is 22.3 Å². The lowest BCUT2D eigenvalue weighted by atomic mass is 10.0. The molecule has 0 radical (unpaired) electrons. The number of alkyl halides is 2. The second-order valence-corrected chi connectivity index (χ2v) is 9.61. The molecule has 4 rings (SSSR count). The fourth-order valence-electron chi connectivity index (χ4n) is 3.39. The largest absolute Gasteiger partial charge is 0.473 e. The number of fused-ring (bicyclic) bond motifs is 1. The predicted molar refractivity (Wildman–Crippen MR) is 114 cm³/mol. The van der Waals surface area contributed by atoms with Gasteiger partial charge in [0.25, 0.3) is 5.92 Å². The number of aromatic nitrogens is 3. The molecule has 0 spiro atoms. The number of rotatable bonds is 6. The van der Waals surface area contributed by atoms with E-state index in [1.165, 1.54) is 28.8 Å². The maximum Gasteiger partial charge on any atom is 0.270 e. The van der Waals surface area contributed by atoms with Crippen molar-refractivity contribution in [2.75, 3.05) is 32.6 Å².